The highest BCUT2D eigenvalue weighted by molar-refractivity contribution is 7.90. The van der Waals surface area contributed by atoms with Crippen molar-refractivity contribution in [2.45, 2.75) is 37.2 Å². The third kappa shape index (κ3) is 3.17. The minimum absolute atomic E-state index is 0.227. The molecule has 2 N–H and O–H groups in total. The van der Waals surface area contributed by atoms with E-state index in [9.17, 15) is 8.42 Å². The van der Waals surface area contributed by atoms with Gasteiger partial charge in [0.1, 0.15) is 11.9 Å². The van der Waals surface area contributed by atoms with E-state index >= 15 is 0 Å². The van der Waals surface area contributed by atoms with Crippen LogP contribution >= 0.6 is 0 Å². The van der Waals surface area contributed by atoms with Crippen LogP contribution in [0.2, 0.25) is 0 Å². The van der Waals surface area contributed by atoms with E-state index in [4.69, 9.17) is 4.52 Å². The zero-order chi connectivity index (χ0) is 17.3. The molecule has 1 aliphatic rings. The van der Waals surface area contributed by atoms with E-state index in [2.05, 4.69) is 25.2 Å². The van der Waals surface area contributed by atoms with Crippen LogP contribution in [0.3, 0.4) is 0 Å². The lowest BCUT2D eigenvalue weighted by Crippen LogP contribution is -2.24. The van der Waals surface area contributed by atoms with E-state index < -0.39 is 16.1 Å². The Balaban J connectivity index is 1.85. The summed E-state index contributed by atoms with van der Waals surface area (Å²) < 4.78 is 31.9. The molecule has 9 heteroatoms. The third-order valence-electron chi connectivity index (χ3n) is 3.81. The zero-order valence-electron chi connectivity index (χ0n) is 13.6. The number of fused-ring (bicyclic) bond motifs is 1. The number of sulfonamides is 1. The maximum Gasteiger partial charge on any atom is 0.263 e. The molecule has 1 aliphatic heterocycles. The fraction of sp³-hybridized carbons (Fsp3) is 0.400. The summed E-state index contributed by atoms with van der Waals surface area (Å²) in [6, 6.07) is 6.48. The van der Waals surface area contributed by atoms with E-state index in [0.29, 0.717) is 29.5 Å². The Labute approximate surface area is 140 Å². The van der Waals surface area contributed by atoms with Crippen molar-refractivity contribution in [3.8, 4) is 0 Å². The molecule has 2 atom stereocenters. The molecule has 0 spiro atoms. The molecule has 0 saturated carbocycles. The van der Waals surface area contributed by atoms with Crippen molar-refractivity contribution >= 4 is 15.9 Å². The summed E-state index contributed by atoms with van der Waals surface area (Å²) in [7, 11) is -1.69. The normalized spacial score (nSPS) is 19.7. The summed E-state index contributed by atoms with van der Waals surface area (Å²) in [5, 5.41) is 7.04. The van der Waals surface area contributed by atoms with Crippen LogP contribution < -0.4 is 10.0 Å². The number of benzene rings is 1. The summed E-state index contributed by atoms with van der Waals surface area (Å²) in [6.07, 6.45) is 0.638. The predicted octanol–water partition coefficient (Wildman–Crippen LogP) is 1.02. The first kappa shape index (κ1) is 16.6. The van der Waals surface area contributed by atoms with E-state index in [1.165, 1.54) is 0 Å². The van der Waals surface area contributed by atoms with Crippen LogP contribution in [0.1, 0.15) is 37.2 Å². The van der Waals surface area contributed by atoms with Crippen molar-refractivity contribution in [2.75, 3.05) is 7.05 Å². The largest absolute Gasteiger partial charge is 0.337 e. The van der Waals surface area contributed by atoms with Gasteiger partial charge in [-0.15, -0.1) is 0 Å². The summed E-state index contributed by atoms with van der Waals surface area (Å²) in [4.78, 5) is 8.97. The summed E-state index contributed by atoms with van der Waals surface area (Å²) >= 11 is 0. The monoisotopic (exact) mass is 349 g/mol. The van der Waals surface area contributed by atoms with Crippen molar-refractivity contribution in [3.63, 3.8) is 0 Å². The van der Waals surface area contributed by atoms with Crippen molar-refractivity contribution in [1.29, 1.82) is 0 Å². The lowest BCUT2D eigenvalue weighted by molar-refractivity contribution is 0.356. The van der Waals surface area contributed by atoms with Gasteiger partial charge in [0.15, 0.2) is 5.82 Å². The molecule has 1 aromatic heterocycles. The van der Waals surface area contributed by atoms with Gasteiger partial charge in [0.2, 0.25) is 0 Å². The summed E-state index contributed by atoms with van der Waals surface area (Å²) in [6.45, 7) is 3.80. The number of rotatable bonds is 5. The van der Waals surface area contributed by atoms with Crippen molar-refractivity contribution in [2.24, 2.45) is 4.99 Å². The predicted molar refractivity (Wildman–Crippen MR) is 88.2 cm³/mol. The van der Waals surface area contributed by atoms with E-state index in [0.717, 1.165) is 0 Å². The van der Waals surface area contributed by atoms with Gasteiger partial charge in [-0.05, 0) is 33.0 Å². The summed E-state index contributed by atoms with van der Waals surface area (Å²) in [5.41, 5.74) is 0.549. The Kier molecular flexibility index (Phi) is 4.37. The SMILES string of the molecule is CNC(C)Cc1noc(C(C)N=C2NS(=O)(=O)c3ccccc32)n1. The number of likely N-dealkylation sites (N-methyl/N-ethyl adjacent to an activating group) is 1. The lowest BCUT2D eigenvalue weighted by atomic mass is 10.2. The van der Waals surface area contributed by atoms with Crippen LogP contribution in [0.5, 0.6) is 0 Å². The maximum atomic E-state index is 12.1. The van der Waals surface area contributed by atoms with Crippen LogP contribution in [0.25, 0.3) is 0 Å². The van der Waals surface area contributed by atoms with Crippen LogP contribution in [0.15, 0.2) is 38.7 Å². The standard InChI is InChI=1S/C15H19N5O3S/c1-9(16-3)8-13-18-15(23-19-13)10(2)17-14-11-6-4-5-7-12(11)24(21,22)20-14/h4-7,9-10,16H,8H2,1-3H3,(H,17,20). The molecule has 0 amide bonds. The van der Waals surface area contributed by atoms with Gasteiger partial charge >= 0.3 is 0 Å². The summed E-state index contributed by atoms with van der Waals surface area (Å²) in [5.74, 6) is 1.23. The highest BCUT2D eigenvalue weighted by Crippen LogP contribution is 2.24. The molecule has 0 bridgehead atoms. The average Bonchev–Trinajstić information content (AvgIpc) is 3.11. The number of aromatic nitrogens is 2. The van der Waals surface area contributed by atoms with E-state index in [1.54, 1.807) is 31.2 Å². The Morgan fingerprint density at radius 2 is 2.08 bits per heavy atom. The molecule has 8 nitrogen and oxygen atoms in total. The topological polar surface area (TPSA) is 109 Å². The molecule has 2 aromatic rings. The van der Waals surface area contributed by atoms with Crippen molar-refractivity contribution in [1.82, 2.24) is 20.2 Å². The molecule has 0 radical (unpaired) electrons. The van der Waals surface area contributed by atoms with Gasteiger partial charge in [-0.25, -0.2) is 8.42 Å². The first-order chi connectivity index (χ1) is 11.4. The fourth-order valence-corrected chi connectivity index (χ4v) is 3.61. The molecule has 2 unspecified atom stereocenters. The van der Waals surface area contributed by atoms with Gasteiger partial charge in [-0.2, -0.15) is 4.98 Å². The number of nitrogens with one attached hydrogen (secondary N) is 2. The molecular weight excluding hydrogens is 330 g/mol. The van der Waals surface area contributed by atoms with E-state index in [1.807, 2.05) is 14.0 Å². The van der Waals surface area contributed by atoms with Gasteiger partial charge in [0.25, 0.3) is 15.9 Å². The minimum atomic E-state index is -3.55. The van der Waals surface area contributed by atoms with Gasteiger partial charge in [0, 0.05) is 18.0 Å². The van der Waals surface area contributed by atoms with Gasteiger partial charge in [0.05, 0.1) is 4.90 Å². The van der Waals surface area contributed by atoms with Crippen molar-refractivity contribution in [3.05, 3.63) is 41.5 Å². The molecule has 2 heterocycles. The zero-order valence-corrected chi connectivity index (χ0v) is 14.5. The third-order valence-corrected chi connectivity index (χ3v) is 5.21. The molecule has 1 aromatic carbocycles. The van der Waals surface area contributed by atoms with Gasteiger partial charge < -0.3 is 9.84 Å². The second-order valence-electron chi connectivity index (χ2n) is 5.70. The highest BCUT2D eigenvalue weighted by atomic mass is 32.2. The number of hydrogen-bond acceptors (Lipinski definition) is 7. The van der Waals surface area contributed by atoms with Crippen LogP contribution in [-0.2, 0) is 16.4 Å². The Hall–Kier alpha value is -2.26. The molecule has 0 saturated heterocycles. The number of aliphatic imine (C=N–C) groups is 1. The second-order valence-corrected chi connectivity index (χ2v) is 7.35. The molecule has 0 fully saturated rings. The van der Waals surface area contributed by atoms with Crippen molar-refractivity contribution < 1.29 is 12.9 Å². The Morgan fingerprint density at radius 1 is 1.33 bits per heavy atom. The molecule has 128 valence electrons. The van der Waals surface area contributed by atoms with Gasteiger partial charge in [-0.3, -0.25) is 9.71 Å². The highest BCUT2D eigenvalue weighted by Gasteiger charge is 2.31. The number of nitrogens with zero attached hydrogens (tertiary/aromatic N) is 3. The lowest BCUT2D eigenvalue weighted by Gasteiger charge is -2.05. The maximum absolute atomic E-state index is 12.1. The van der Waals surface area contributed by atoms with Gasteiger partial charge in [-0.1, -0.05) is 17.3 Å². The molecule has 24 heavy (non-hydrogen) atoms. The number of hydrogen-bond donors (Lipinski definition) is 2. The van der Waals surface area contributed by atoms with Crippen LogP contribution in [0.4, 0.5) is 0 Å². The Morgan fingerprint density at radius 3 is 2.83 bits per heavy atom. The second kappa shape index (κ2) is 6.33. The van der Waals surface area contributed by atoms with E-state index in [-0.39, 0.29) is 10.9 Å². The van der Waals surface area contributed by atoms with Crippen LogP contribution in [-0.4, -0.2) is 37.5 Å². The fourth-order valence-electron chi connectivity index (χ4n) is 2.37. The first-order valence-electron chi connectivity index (χ1n) is 7.60. The number of amidine groups is 1. The molecule has 3 rings (SSSR count). The first-order valence-corrected chi connectivity index (χ1v) is 9.09. The van der Waals surface area contributed by atoms with Crippen LogP contribution in [0, 0.1) is 0 Å². The Bertz CT molecular complexity index is 875. The molecule has 0 aliphatic carbocycles. The minimum Gasteiger partial charge on any atom is -0.337 e. The average molecular weight is 349 g/mol. The molecular formula is C15H19N5O3S. The quantitative estimate of drug-likeness (QED) is 0.834. The smallest absolute Gasteiger partial charge is 0.263 e.